The Bertz CT molecular complexity index is 3340. The molecule has 0 N–H and O–H groups in total. The molecule has 0 amide bonds. The minimum atomic E-state index is -0.557. The second-order valence-electron chi connectivity index (χ2n) is 17.6. The fourth-order valence-corrected chi connectivity index (χ4v) is 10.9. The molecule has 0 aliphatic heterocycles. The van der Waals surface area contributed by atoms with Crippen molar-refractivity contribution in [3.8, 4) is 56.2 Å². The van der Waals surface area contributed by atoms with Gasteiger partial charge in [0, 0.05) is 22.1 Å². The number of nitrogens with zero attached hydrogens (tertiary/aromatic N) is 3. The fourth-order valence-electron chi connectivity index (χ4n) is 10.9. The maximum absolute atomic E-state index is 5.41. The molecule has 0 saturated carbocycles. The van der Waals surface area contributed by atoms with Crippen LogP contribution in [0.5, 0.6) is 0 Å². The SMILES string of the molecule is C\C=C/C=C1\C(=C2\C=CC(c3nc(-c4cccc(-c5ccccc5)c4)nc(-c4cccc(-c5ccccc5)c4)n3)=C3C=CC=CC32C)C2(c3ccccc31)c1ccccc1-c1ccccc12. The largest absolute Gasteiger partial charge is 0.208 e. The Morgan fingerprint density at radius 1 is 0.424 bits per heavy atom. The lowest BCUT2D eigenvalue weighted by Gasteiger charge is -2.41. The Balaban J connectivity index is 1.10. The maximum Gasteiger partial charge on any atom is 0.164 e. The van der Waals surface area contributed by atoms with Crippen LogP contribution in [0.4, 0.5) is 0 Å². The molecule has 0 saturated heterocycles. The van der Waals surface area contributed by atoms with Gasteiger partial charge < -0.3 is 0 Å². The second-order valence-corrected chi connectivity index (χ2v) is 17.6. The van der Waals surface area contributed by atoms with E-state index in [4.69, 9.17) is 15.0 Å². The van der Waals surface area contributed by atoms with E-state index in [0.29, 0.717) is 17.5 Å². The Morgan fingerprint density at radius 2 is 0.909 bits per heavy atom. The van der Waals surface area contributed by atoms with Crippen molar-refractivity contribution < 1.29 is 0 Å². The van der Waals surface area contributed by atoms with Crippen molar-refractivity contribution in [2.45, 2.75) is 19.3 Å². The van der Waals surface area contributed by atoms with Crippen LogP contribution in [-0.4, -0.2) is 15.0 Å². The van der Waals surface area contributed by atoms with Gasteiger partial charge in [0.15, 0.2) is 17.5 Å². The molecule has 12 rings (SSSR count). The molecule has 0 fully saturated rings. The van der Waals surface area contributed by atoms with Crippen molar-refractivity contribution in [3.63, 3.8) is 0 Å². The number of rotatable bonds is 6. The van der Waals surface area contributed by atoms with E-state index in [2.05, 4.69) is 238 Å². The zero-order valence-corrected chi connectivity index (χ0v) is 36.9. The highest BCUT2D eigenvalue weighted by atomic mass is 15.0. The minimum Gasteiger partial charge on any atom is -0.208 e. The van der Waals surface area contributed by atoms with Crippen LogP contribution in [0.3, 0.4) is 0 Å². The van der Waals surface area contributed by atoms with Gasteiger partial charge in [-0.05, 0) is 104 Å². The first-order chi connectivity index (χ1) is 32.6. The minimum absolute atomic E-state index is 0.543. The van der Waals surface area contributed by atoms with Gasteiger partial charge >= 0.3 is 0 Å². The molecule has 0 radical (unpaired) electrons. The molecule has 1 unspecified atom stereocenters. The van der Waals surface area contributed by atoms with Crippen molar-refractivity contribution >= 4 is 11.1 Å². The molecule has 7 aromatic carbocycles. The Morgan fingerprint density at radius 3 is 1.48 bits per heavy atom. The van der Waals surface area contributed by atoms with Crippen LogP contribution in [0.1, 0.15) is 41.9 Å². The first kappa shape index (κ1) is 39.3. The topological polar surface area (TPSA) is 38.7 Å². The second kappa shape index (κ2) is 15.8. The first-order valence-corrected chi connectivity index (χ1v) is 22.8. The smallest absolute Gasteiger partial charge is 0.164 e. The lowest BCUT2D eigenvalue weighted by molar-refractivity contribution is 0.620. The summed E-state index contributed by atoms with van der Waals surface area (Å²) in [6.45, 7) is 4.47. The van der Waals surface area contributed by atoms with E-state index in [1.54, 1.807) is 0 Å². The Labute approximate surface area is 386 Å². The Kier molecular flexibility index (Phi) is 9.39. The molecule has 4 aliphatic carbocycles. The highest BCUT2D eigenvalue weighted by Crippen LogP contribution is 2.66. The molecule has 66 heavy (non-hydrogen) atoms. The van der Waals surface area contributed by atoms with Gasteiger partial charge in [-0.1, -0.05) is 225 Å². The summed E-state index contributed by atoms with van der Waals surface area (Å²) in [6, 6.07) is 65.2. The summed E-state index contributed by atoms with van der Waals surface area (Å²) < 4.78 is 0. The highest BCUT2D eigenvalue weighted by Gasteiger charge is 2.55. The van der Waals surface area contributed by atoms with Gasteiger partial charge in [0.25, 0.3) is 0 Å². The van der Waals surface area contributed by atoms with Gasteiger partial charge in [-0.2, -0.15) is 0 Å². The van der Waals surface area contributed by atoms with Gasteiger partial charge in [0.05, 0.1) is 5.41 Å². The first-order valence-electron chi connectivity index (χ1n) is 22.8. The van der Waals surface area contributed by atoms with E-state index >= 15 is 0 Å². The normalized spacial score (nSPS) is 19.1. The van der Waals surface area contributed by atoms with Crippen LogP contribution in [0.25, 0.3) is 67.3 Å². The van der Waals surface area contributed by atoms with Crippen LogP contribution in [0, 0.1) is 5.41 Å². The van der Waals surface area contributed by atoms with Crippen molar-refractivity contribution in [1.82, 2.24) is 15.0 Å². The zero-order valence-electron chi connectivity index (χ0n) is 36.9. The average Bonchev–Trinajstić information content (AvgIpc) is 3.84. The lowest BCUT2D eigenvalue weighted by atomic mass is 9.61. The molecule has 312 valence electrons. The number of allylic oxidation sites excluding steroid dienone is 14. The predicted molar refractivity (Wildman–Crippen MR) is 272 cm³/mol. The molecule has 1 heterocycles. The number of hydrogen-bond donors (Lipinski definition) is 0. The van der Waals surface area contributed by atoms with Crippen molar-refractivity contribution in [2.24, 2.45) is 5.41 Å². The van der Waals surface area contributed by atoms with Gasteiger partial charge in [-0.15, -0.1) is 0 Å². The zero-order chi connectivity index (χ0) is 44.2. The van der Waals surface area contributed by atoms with Gasteiger partial charge in [-0.3, -0.25) is 0 Å². The number of benzene rings is 7. The van der Waals surface area contributed by atoms with Crippen molar-refractivity contribution in [3.05, 3.63) is 281 Å². The standard InChI is InChI=1S/C63H45N3/c1-3-4-29-51-50-32-13-16-36-56(50)63(54-34-14-11-30-48(54)49-31-12-15-35-55(49)63)58(51)57-38-37-52(53-33-17-18-39-62(53,57)2)61-65-59(46-27-19-25-44(40-46)42-21-7-5-8-22-42)64-60(66-61)47-28-20-26-45(41-47)43-23-9-6-10-24-43/h3-41H,1-2H3/b4-3-,51-29-,58-57+. The van der Waals surface area contributed by atoms with Gasteiger partial charge in [0.2, 0.25) is 0 Å². The molecule has 4 aliphatic rings. The lowest BCUT2D eigenvalue weighted by Crippen LogP contribution is -2.32. The van der Waals surface area contributed by atoms with E-state index in [1.165, 1.54) is 50.1 Å². The van der Waals surface area contributed by atoms with Crippen LogP contribution >= 0.6 is 0 Å². The molecule has 0 bridgehead atoms. The maximum atomic E-state index is 5.41. The summed E-state index contributed by atoms with van der Waals surface area (Å²) in [4.78, 5) is 16.1. The number of fused-ring (bicyclic) bond motifs is 8. The molecular formula is C63H45N3. The summed E-state index contributed by atoms with van der Waals surface area (Å²) in [5, 5.41) is 0. The predicted octanol–water partition coefficient (Wildman–Crippen LogP) is 15.3. The van der Waals surface area contributed by atoms with Crippen LogP contribution < -0.4 is 0 Å². The van der Waals surface area contributed by atoms with E-state index in [9.17, 15) is 0 Å². The molecule has 3 nitrogen and oxygen atoms in total. The molecule has 1 atom stereocenters. The molecule has 8 aromatic rings. The van der Waals surface area contributed by atoms with E-state index < -0.39 is 10.8 Å². The fraction of sp³-hybridized carbons (Fsp3) is 0.0635. The monoisotopic (exact) mass is 843 g/mol. The van der Waals surface area contributed by atoms with Crippen molar-refractivity contribution in [1.29, 1.82) is 0 Å². The quantitative estimate of drug-likeness (QED) is 0.167. The number of hydrogen-bond acceptors (Lipinski definition) is 3. The third-order valence-corrected chi connectivity index (χ3v) is 13.9. The van der Waals surface area contributed by atoms with Crippen LogP contribution in [-0.2, 0) is 5.41 Å². The summed E-state index contributed by atoms with van der Waals surface area (Å²) in [7, 11) is 0. The third kappa shape index (κ3) is 6.08. The van der Waals surface area contributed by atoms with Crippen molar-refractivity contribution in [2.75, 3.05) is 0 Å². The molecule has 1 aromatic heterocycles. The summed E-state index contributed by atoms with van der Waals surface area (Å²) in [6.07, 6.45) is 20.3. The van der Waals surface area contributed by atoms with E-state index in [-0.39, 0.29) is 0 Å². The summed E-state index contributed by atoms with van der Waals surface area (Å²) in [5.41, 5.74) is 18.9. The molecule has 1 spiro atoms. The molecular weight excluding hydrogens is 799 g/mol. The number of aromatic nitrogens is 3. The van der Waals surface area contributed by atoms with E-state index in [0.717, 1.165) is 44.5 Å². The average molecular weight is 844 g/mol. The molecule has 3 heteroatoms. The highest BCUT2D eigenvalue weighted by molar-refractivity contribution is 6.02. The third-order valence-electron chi connectivity index (χ3n) is 13.9. The summed E-state index contributed by atoms with van der Waals surface area (Å²) >= 11 is 0. The van der Waals surface area contributed by atoms with Gasteiger partial charge in [-0.25, -0.2) is 15.0 Å². The van der Waals surface area contributed by atoms with Gasteiger partial charge in [0.1, 0.15) is 0 Å². The van der Waals surface area contributed by atoms with Crippen LogP contribution in [0.2, 0.25) is 0 Å². The summed E-state index contributed by atoms with van der Waals surface area (Å²) in [5.74, 6) is 1.89. The van der Waals surface area contributed by atoms with E-state index in [1.807, 2.05) is 12.1 Å². The Hall–Kier alpha value is -8.27. The van der Waals surface area contributed by atoms with Crippen LogP contribution in [0.15, 0.2) is 253 Å².